The number of nitrogens with one attached hydrogen (secondary N) is 1. The summed E-state index contributed by atoms with van der Waals surface area (Å²) in [6.45, 7) is 12.3. The number of aromatic nitrogens is 3. The van der Waals surface area contributed by atoms with Gasteiger partial charge in [-0.05, 0) is 51.3 Å². The van der Waals surface area contributed by atoms with Gasteiger partial charge < -0.3 is 10.1 Å². The Morgan fingerprint density at radius 1 is 1.32 bits per heavy atom. The Morgan fingerprint density at radius 3 is 2.66 bits per heavy atom. The van der Waals surface area contributed by atoms with Crippen molar-refractivity contribution in [1.82, 2.24) is 24.8 Å². The Morgan fingerprint density at radius 2 is 2.03 bits per heavy atom. The second-order valence-corrected chi connectivity index (χ2v) is 11.3. The van der Waals surface area contributed by atoms with E-state index in [-0.39, 0.29) is 27.3 Å². The van der Waals surface area contributed by atoms with Gasteiger partial charge in [0.05, 0.1) is 22.4 Å². The number of nitrogens with zero attached hydrogens (tertiary/aromatic N) is 5. The van der Waals surface area contributed by atoms with E-state index in [1.165, 1.54) is 4.57 Å². The Bertz CT molecular complexity index is 1520. The maximum absolute atomic E-state index is 14.1. The quantitative estimate of drug-likeness (QED) is 0.437. The fourth-order valence-corrected chi connectivity index (χ4v) is 5.02. The Kier molecular flexibility index (Phi) is 7.71. The molecule has 38 heavy (non-hydrogen) atoms. The largest absolute Gasteiger partial charge is 0.444 e. The van der Waals surface area contributed by atoms with Crippen molar-refractivity contribution in [2.75, 3.05) is 19.6 Å². The standard InChI is InChI=1S/C27H30Cl2N6O3/c1-14(2)21-22(15(3)7-8-32-21)35-24-16(11-18(28)23(29)33-24)20(17(12-30)25(35)36)19-13-31-9-10-34(19)26(37)38-27(4,5)6/h7-8,11,14,19,31H,9-10,13H2,1-6H3. The second-order valence-electron chi connectivity index (χ2n) is 10.6. The zero-order valence-electron chi connectivity index (χ0n) is 22.2. The highest BCUT2D eigenvalue weighted by Gasteiger charge is 2.36. The van der Waals surface area contributed by atoms with E-state index in [0.29, 0.717) is 42.0 Å². The lowest BCUT2D eigenvalue weighted by Gasteiger charge is -2.38. The normalized spacial score (nSPS) is 16.1. The van der Waals surface area contributed by atoms with Crippen molar-refractivity contribution in [3.8, 4) is 11.8 Å². The smallest absolute Gasteiger partial charge is 0.410 e. The molecule has 1 aliphatic heterocycles. The maximum Gasteiger partial charge on any atom is 0.410 e. The van der Waals surface area contributed by atoms with Crippen molar-refractivity contribution in [2.45, 2.75) is 59.1 Å². The highest BCUT2D eigenvalue weighted by atomic mass is 35.5. The zero-order chi connectivity index (χ0) is 27.9. The van der Waals surface area contributed by atoms with E-state index in [9.17, 15) is 14.9 Å². The molecule has 3 aromatic heterocycles. The van der Waals surface area contributed by atoms with Crippen LogP contribution < -0.4 is 10.9 Å². The van der Waals surface area contributed by atoms with Crippen molar-refractivity contribution in [3.05, 3.63) is 61.2 Å². The van der Waals surface area contributed by atoms with Gasteiger partial charge in [-0.3, -0.25) is 19.2 Å². The average Bonchev–Trinajstić information content (AvgIpc) is 2.84. The van der Waals surface area contributed by atoms with Crippen LogP contribution in [-0.2, 0) is 4.74 Å². The van der Waals surface area contributed by atoms with Crippen LogP contribution in [0, 0.1) is 18.3 Å². The molecule has 3 aromatic rings. The number of carbonyl (C=O) groups excluding carboxylic acids is 1. The monoisotopic (exact) mass is 556 g/mol. The molecule has 1 fully saturated rings. The first-order chi connectivity index (χ1) is 17.9. The minimum absolute atomic E-state index is 0.0152. The molecular weight excluding hydrogens is 527 g/mol. The van der Waals surface area contributed by atoms with Gasteiger partial charge in [0, 0.05) is 36.8 Å². The number of fused-ring (bicyclic) bond motifs is 1. The molecule has 4 heterocycles. The minimum Gasteiger partial charge on any atom is -0.444 e. The summed E-state index contributed by atoms with van der Waals surface area (Å²) < 4.78 is 7.05. The first kappa shape index (κ1) is 27.8. The van der Waals surface area contributed by atoms with E-state index in [4.69, 9.17) is 27.9 Å². The van der Waals surface area contributed by atoms with E-state index in [0.717, 1.165) is 5.56 Å². The van der Waals surface area contributed by atoms with Crippen LogP contribution >= 0.6 is 23.2 Å². The lowest BCUT2D eigenvalue weighted by atomic mass is 9.95. The van der Waals surface area contributed by atoms with Gasteiger partial charge in [0.1, 0.15) is 28.0 Å². The number of hydrogen-bond acceptors (Lipinski definition) is 7. The number of piperazine rings is 1. The highest BCUT2D eigenvalue weighted by molar-refractivity contribution is 6.41. The maximum atomic E-state index is 14.1. The van der Waals surface area contributed by atoms with Gasteiger partial charge in [0.15, 0.2) is 0 Å². The Balaban J connectivity index is 2.11. The Hall–Kier alpha value is -3.19. The molecular formula is C27H30Cl2N6O3. The van der Waals surface area contributed by atoms with Gasteiger partial charge in [-0.1, -0.05) is 37.0 Å². The number of amides is 1. The molecule has 0 aromatic carbocycles. The number of rotatable bonds is 3. The molecule has 11 heteroatoms. The topological polar surface area (TPSA) is 113 Å². The molecule has 1 atom stereocenters. The molecule has 1 saturated heterocycles. The molecule has 1 amide bonds. The van der Waals surface area contributed by atoms with E-state index >= 15 is 0 Å². The van der Waals surface area contributed by atoms with E-state index in [1.54, 1.807) is 44.0 Å². The van der Waals surface area contributed by atoms with Crippen LogP contribution in [0.4, 0.5) is 4.79 Å². The van der Waals surface area contributed by atoms with Gasteiger partial charge in [-0.2, -0.15) is 5.26 Å². The van der Waals surface area contributed by atoms with Crippen LogP contribution in [0.3, 0.4) is 0 Å². The number of halogens is 2. The summed E-state index contributed by atoms with van der Waals surface area (Å²) >= 11 is 12.8. The van der Waals surface area contributed by atoms with Gasteiger partial charge >= 0.3 is 6.09 Å². The van der Waals surface area contributed by atoms with E-state index in [1.807, 2.05) is 20.8 Å². The number of nitriles is 1. The summed E-state index contributed by atoms with van der Waals surface area (Å²) in [7, 11) is 0. The number of pyridine rings is 3. The number of ether oxygens (including phenoxy) is 1. The van der Waals surface area contributed by atoms with Gasteiger partial charge in [-0.25, -0.2) is 9.78 Å². The van der Waals surface area contributed by atoms with Crippen LogP contribution in [0.5, 0.6) is 0 Å². The van der Waals surface area contributed by atoms with Gasteiger partial charge in [-0.15, -0.1) is 0 Å². The molecule has 4 rings (SSSR count). The third-order valence-corrected chi connectivity index (χ3v) is 7.02. The SMILES string of the molecule is Cc1ccnc(C(C)C)c1-n1c(=O)c(C#N)c(C2CNCCN2C(=O)OC(C)(C)C)c2cc(Cl)c(Cl)nc21. The summed E-state index contributed by atoms with van der Waals surface area (Å²) in [5.41, 5.74) is 1.16. The molecule has 1 unspecified atom stereocenters. The second kappa shape index (κ2) is 10.5. The molecule has 0 spiro atoms. The molecule has 200 valence electrons. The molecule has 9 nitrogen and oxygen atoms in total. The molecule has 0 saturated carbocycles. The summed E-state index contributed by atoms with van der Waals surface area (Å²) in [6, 6.07) is 4.82. The van der Waals surface area contributed by atoms with Crippen molar-refractivity contribution < 1.29 is 9.53 Å². The lowest BCUT2D eigenvalue weighted by Crippen LogP contribution is -2.50. The van der Waals surface area contributed by atoms with Crippen LogP contribution in [0.2, 0.25) is 10.2 Å². The van der Waals surface area contributed by atoms with Crippen molar-refractivity contribution in [3.63, 3.8) is 0 Å². The molecule has 1 N–H and O–H groups in total. The first-order valence-electron chi connectivity index (χ1n) is 12.4. The summed E-state index contributed by atoms with van der Waals surface area (Å²) in [4.78, 5) is 38.0. The van der Waals surface area contributed by atoms with Crippen molar-refractivity contribution in [1.29, 1.82) is 5.26 Å². The van der Waals surface area contributed by atoms with Crippen molar-refractivity contribution >= 4 is 40.3 Å². The van der Waals surface area contributed by atoms with Crippen LogP contribution in [0.25, 0.3) is 16.7 Å². The fourth-order valence-electron chi connectivity index (χ4n) is 4.73. The molecule has 1 aliphatic rings. The molecule has 0 bridgehead atoms. The van der Waals surface area contributed by atoms with Crippen LogP contribution in [0.1, 0.15) is 69.0 Å². The van der Waals surface area contributed by atoms with Gasteiger partial charge in [0.2, 0.25) is 0 Å². The summed E-state index contributed by atoms with van der Waals surface area (Å²) in [6.07, 6.45) is 1.15. The predicted octanol–water partition coefficient (Wildman–Crippen LogP) is 5.27. The van der Waals surface area contributed by atoms with E-state index < -0.39 is 23.3 Å². The van der Waals surface area contributed by atoms with Crippen LogP contribution in [-0.4, -0.2) is 50.8 Å². The fraction of sp³-hybridized carbons (Fsp3) is 0.444. The van der Waals surface area contributed by atoms with Gasteiger partial charge in [0.25, 0.3) is 5.56 Å². The number of carbonyl (C=O) groups is 1. The summed E-state index contributed by atoms with van der Waals surface area (Å²) in [5.74, 6) is -0.0231. The van der Waals surface area contributed by atoms with Crippen molar-refractivity contribution in [2.24, 2.45) is 0 Å². The lowest BCUT2D eigenvalue weighted by molar-refractivity contribution is 0.0119. The molecule has 0 radical (unpaired) electrons. The number of hydrogen-bond donors (Lipinski definition) is 1. The Labute approximate surface area is 231 Å². The first-order valence-corrected chi connectivity index (χ1v) is 13.1. The third-order valence-electron chi connectivity index (χ3n) is 6.34. The number of aryl methyl sites for hydroxylation is 1. The zero-order valence-corrected chi connectivity index (χ0v) is 23.7. The molecule has 0 aliphatic carbocycles. The average molecular weight is 557 g/mol. The van der Waals surface area contributed by atoms with Crippen LogP contribution in [0.15, 0.2) is 23.1 Å². The summed E-state index contributed by atoms with van der Waals surface area (Å²) in [5, 5.41) is 14.2. The third kappa shape index (κ3) is 5.08. The van der Waals surface area contributed by atoms with E-state index in [2.05, 4.69) is 21.4 Å². The minimum atomic E-state index is -0.723. The highest BCUT2D eigenvalue weighted by Crippen LogP contribution is 2.36. The predicted molar refractivity (Wildman–Crippen MR) is 147 cm³/mol.